The lowest BCUT2D eigenvalue weighted by molar-refractivity contribution is -0.119. The van der Waals surface area contributed by atoms with E-state index in [-0.39, 0.29) is 18.3 Å². The van der Waals surface area contributed by atoms with E-state index in [1.54, 1.807) is 11.8 Å². The standard InChI is InChI=1S/C14H28N2OS.ClH/c1-11(2)7-8-18-10-14(17)16-13-6-4-3-5-12(13)9-15;/h11-13H,3-10,15H2,1-2H3,(H,16,17);1H. The summed E-state index contributed by atoms with van der Waals surface area (Å²) < 4.78 is 0. The van der Waals surface area contributed by atoms with Gasteiger partial charge in [0, 0.05) is 6.04 Å². The molecule has 0 aromatic carbocycles. The van der Waals surface area contributed by atoms with Gasteiger partial charge in [-0.3, -0.25) is 4.79 Å². The van der Waals surface area contributed by atoms with Crippen LogP contribution in [0.15, 0.2) is 0 Å². The topological polar surface area (TPSA) is 55.1 Å². The molecule has 3 N–H and O–H groups in total. The molecule has 1 fully saturated rings. The molecule has 0 saturated heterocycles. The Morgan fingerprint density at radius 1 is 1.37 bits per heavy atom. The number of hydrogen-bond donors (Lipinski definition) is 2. The second-order valence-corrected chi connectivity index (χ2v) is 6.79. The van der Waals surface area contributed by atoms with Crippen LogP contribution in [0.5, 0.6) is 0 Å². The molecular weight excluding hydrogens is 280 g/mol. The van der Waals surface area contributed by atoms with Crippen molar-refractivity contribution in [2.75, 3.05) is 18.1 Å². The van der Waals surface area contributed by atoms with E-state index in [0.717, 1.165) is 18.1 Å². The van der Waals surface area contributed by atoms with Gasteiger partial charge in [0.1, 0.15) is 0 Å². The molecule has 1 saturated carbocycles. The van der Waals surface area contributed by atoms with Gasteiger partial charge in [-0.1, -0.05) is 26.7 Å². The van der Waals surface area contributed by atoms with Crippen LogP contribution in [-0.4, -0.2) is 30.0 Å². The van der Waals surface area contributed by atoms with Gasteiger partial charge in [0.15, 0.2) is 0 Å². The first-order valence-electron chi connectivity index (χ1n) is 7.20. The third-order valence-electron chi connectivity index (χ3n) is 3.63. The fraction of sp³-hybridized carbons (Fsp3) is 0.929. The number of thioether (sulfide) groups is 1. The summed E-state index contributed by atoms with van der Waals surface area (Å²) in [4.78, 5) is 11.8. The average molecular weight is 309 g/mol. The molecule has 0 heterocycles. The zero-order valence-corrected chi connectivity index (χ0v) is 13.8. The first kappa shape index (κ1) is 19.1. The summed E-state index contributed by atoms with van der Waals surface area (Å²) in [7, 11) is 0. The summed E-state index contributed by atoms with van der Waals surface area (Å²) in [6.07, 6.45) is 5.94. The van der Waals surface area contributed by atoms with Crippen LogP contribution < -0.4 is 11.1 Å². The second-order valence-electron chi connectivity index (χ2n) is 5.69. The van der Waals surface area contributed by atoms with Crippen molar-refractivity contribution < 1.29 is 4.79 Å². The van der Waals surface area contributed by atoms with Crippen molar-refractivity contribution >= 4 is 30.1 Å². The third kappa shape index (κ3) is 8.05. The maximum absolute atomic E-state index is 11.8. The predicted octanol–water partition coefficient (Wildman–Crippen LogP) is 2.82. The van der Waals surface area contributed by atoms with Gasteiger partial charge < -0.3 is 11.1 Å². The molecular formula is C14H29ClN2OS. The van der Waals surface area contributed by atoms with Crippen molar-refractivity contribution in [3.63, 3.8) is 0 Å². The van der Waals surface area contributed by atoms with Gasteiger partial charge in [0.2, 0.25) is 5.91 Å². The van der Waals surface area contributed by atoms with Crippen molar-refractivity contribution in [1.29, 1.82) is 0 Å². The lowest BCUT2D eigenvalue weighted by atomic mass is 9.84. The van der Waals surface area contributed by atoms with Gasteiger partial charge in [-0.25, -0.2) is 0 Å². The fourth-order valence-electron chi connectivity index (χ4n) is 2.41. The highest BCUT2D eigenvalue weighted by molar-refractivity contribution is 7.99. The normalized spacial score (nSPS) is 22.9. The molecule has 5 heteroatoms. The number of nitrogens with two attached hydrogens (primary N) is 1. The highest BCUT2D eigenvalue weighted by Gasteiger charge is 2.24. The minimum absolute atomic E-state index is 0. The summed E-state index contributed by atoms with van der Waals surface area (Å²) in [5.74, 6) is 3.08. The fourth-order valence-corrected chi connectivity index (χ4v) is 3.46. The molecule has 0 spiro atoms. The first-order valence-corrected chi connectivity index (χ1v) is 8.36. The number of nitrogens with one attached hydrogen (secondary N) is 1. The molecule has 0 aromatic rings. The molecule has 0 radical (unpaired) electrons. The second kappa shape index (κ2) is 10.8. The summed E-state index contributed by atoms with van der Waals surface area (Å²) in [5.41, 5.74) is 5.77. The van der Waals surface area contributed by atoms with E-state index in [9.17, 15) is 4.79 Å². The molecule has 114 valence electrons. The Labute approximate surface area is 128 Å². The van der Waals surface area contributed by atoms with Crippen LogP contribution in [0.2, 0.25) is 0 Å². The van der Waals surface area contributed by atoms with E-state index in [2.05, 4.69) is 19.2 Å². The Hall–Kier alpha value is 0.0700. The van der Waals surface area contributed by atoms with Crippen molar-refractivity contribution in [3.05, 3.63) is 0 Å². The Morgan fingerprint density at radius 3 is 2.68 bits per heavy atom. The van der Waals surface area contributed by atoms with Crippen LogP contribution in [0.1, 0.15) is 46.0 Å². The molecule has 19 heavy (non-hydrogen) atoms. The number of rotatable bonds is 7. The van der Waals surface area contributed by atoms with Gasteiger partial charge in [0.05, 0.1) is 5.75 Å². The largest absolute Gasteiger partial charge is 0.352 e. The molecule has 0 aliphatic heterocycles. The molecule has 0 aromatic heterocycles. The Balaban J connectivity index is 0.00000324. The van der Waals surface area contributed by atoms with Gasteiger partial charge in [-0.15, -0.1) is 12.4 Å². The van der Waals surface area contributed by atoms with Crippen LogP contribution in [0.3, 0.4) is 0 Å². The Kier molecular flexibility index (Phi) is 10.8. The summed E-state index contributed by atoms with van der Waals surface area (Å²) in [6.45, 7) is 5.13. The predicted molar refractivity (Wildman–Crippen MR) is 87.0 cm³/mol. The van der Waals surface area contributed by atoms with Crippen molar-refractivity contribution in [3.8, 4) is 0 Å². The van der Waals surface area contributed by atoms with Crippen LogP contribution in [0.4, 0.5) is 0 Å². The van der Waals surface area contributed by atoms with E-state index < -0.39 is 0 Å². The Bertz CT molecular complexity index is 252. The average Bonchev–Trinajstić information content (AvgIpc) is 2.35. The van der Waals surface area contributed by atoms with Crippen molar-refractivity contribution in [1.82, 2.24) is 5.32 Å². The number of hydrogen-bond acceptors (Lipinski definition) is 3. The minimum atomic E-state index is 0. The molecule has 1 aliphatic carbocycles. The Morgan fingerprint density at radius 2 is 2.05 bits per heavy atom. The van der Waals surface area contributed by atoms with Crippen molar-refractivity contribution in [2.24, 2.45) is 17.6 Å². The summed E-state index contributed by atoms with van der Waals surface area (Å²) in [6, 6.07) is 0.321. The molecule has 2 atom stereocenters. The van der Waals surface area contributed by atoms with Crippen LogP contribution in [0.25, 0.3) is 0 Å². The van der Waals surface area contributed by atoms with Gasteiger partial charge >= 0.3 is 0 Å². The molecule has 1 amide bonds. The lowest BCUT2D eigenvalue weighted by Gasteiger charge is -2.31. The monoisotopic (exact) mass is 308 g/mol. The molecule has 1 aliphatic rings. The number of halogens is 1. The molecule has 1 rings (SSSR count). The third-order valence-corrected chi connectivity index (χ3v) is 4.62. The minimum Gasteiger partial charge on any atom is -0.352 e. The van der Waals surface area contributed by atoms with Crippen molar-refractivity contribution in [2.45, 2.75) is 52.0 Å². The van der Waals surface area contributed by atoms with Crippen LogP contribution in [0, 0.1) is 11.8 Å². The van der Waals surface area contributed by atoms with Gasteiger partial charge in [-0.05, 0) is 43.4 Å². The maximum atomic E-state index is 11.8. The number of carbonyl (C=O) groups is 1. The van der Waals surface area contributed by atoms with Crippen LogP contribution >= 0.6 is 24.2 Å². The number of amides is 1. The SMILES string of the molecule is CC(C)CCSCC(=O)NC1CCCCC1CN.Cl. The quantitative estimate of drug-likeness (QED) is 0.711. The highest BCUT2D eigenvalue weighted by atomic mass is 35.5. The van der Waals surface area contributed by atoms with Gasteiger partial charge in [0.25, 0.3) is 0 Å². The lowest BCUT2D eigenvalue weighted by Crippen LogP contribution is -2.45. The smallest absolute Gasteiger partial charge is 0.230 e. The first-order chi connectivity index (χ1) is 8.63. The van der Waals surface area contributed by atoms with Crippen LogP contribution in [-0.2, 0) is 4.79 Å². The maximum Gasteiger partial charge on any atom is 0.230 e. The zero-order chi connectivity index (χ0) is 13.4. The van der Waals surface area contributed by atoms with Gasteiger partial charge in [-0.2, -0.15) is 11.8 Å². The van der Waals surface area contributed by atoms with E-state index in [0.29, 0.717) is 24.3 Å². The molecule has 3 nitrogen and oxygen atoms in total. The van der Waals surface area contributed by atoms with E-state index in [4.69, 9.17) is 5.73 Å². The van der Waals surface area contributed by atoms with E-state index >= 15 is 0 Å². The molecule has 0 bridgehead atoms. The van der Waals surface area contributed by atoms with E-state index in [1.807, 2.05) is 0 Å². The highest BCUT2D eigenvalue weighted by Crippen LogP contribution is 2.23. The zero-order valence-electron chi connectivity index (χ0n) is 12.2. The van der Waals surface area contributed by atoms with E-state index in [1.165, 1.54) is 25.7 Å². The summed E-state index contributed by atoms with van der Waals surface area (Å²) >= 11 is 1.74. The number of carbonyl (C=O) groups excluding carboxylic acids is 1. The molecule has 2 unspecified atom stereocenters. The summed E-state index contributed by atoms with van der Waals surface area (Å²) in [5, 5.41) is 3.17.